The maximum absolute atomic E-state index is 12.1. The smallest absolute Gasteiger partial charge is 0.278 e. The van der Waals surface area contributed by atoms with Crippen LogP contribution in [0.4, 0.5) is 0 Å². The molecule has 0 amide bonds. The van der Waals surface area contributed by atoms with Gasteiger partial charge in [-0.3, -0.25) is 0 Å². The first-order chi connectivity index (χ1) is 10.4. The van der Waals surface area contributed by atoms with Gasteiger partial charge >= 0.3 is 0 Å². The van der Waals surface area contributed by atoms with Gasteiger partial charge in [-0.1, -0.05) is 18.2 Å². The van der Waals surface area contributed by atoms with Crippen LogP contribution in [-0.2, 0) is 20.4 Å². The molecule has 22 heavy (non-hydrogen) atoms. The molecule has 1 saturated heterocycles. The van der Waals surface area contributed by atoms with Gasteiger partial charge in [0.25, 0.3) is 10.2 Å². The van der Waals surface area contributed by atoms with Crippen molar-refractivity contribution < 1.29 is 17.9 Å². The Bertz CT molecular complexity index is 595. The highest BCUT2D eigenvalue weighted by molar-refractivity contribution is 7.87. The maximum Gasteiger partial charge on any atom is 0.278 e. The Kier molecular flexibility index (Phi) is 5.44. The second-order valence-electron chi connectivity index (χ2n) is 5.70. The third kappa shape index (κ3) is 3.60. The molecule has 2 rings (SSSR count). The molecule has 0 bridgehead atoms. The summed E-state index contributed by atoms with van der Waals surface area (Å²) in [5.41, 5.74) is 0.718. The standard InChI is InChI=1S/C15H24N2O4S/c1-17(2)22(18,19)16-12-15(8-10-21-11-9-15)13-6-4-5-7-14(13)20-3/h4-7,16H,8-12H2,1-3H3. The van der Waals surface area contributed by atoms with Crippen LogP contribution >= 0.6 is 0 Å². The van der Waals surface area contributed by atoms with Gasteiger partial charge in [0.15, 0.2) is 0 Å². The monoisotopic (exact) mass is 328 g/mol. The summed E-state index contributed by atoms with van der Waals surface area (Å²) in [4.78, 5) is 0. The molecule has 0 aromatic heterocycles. The van der Waals surface area contributed by atoms with Crippen molar-refractivity contribution in [2.24, 2.45) is 0 Å². The van der Waals surface area contributed by atoms with Crippen LogP contribution in [0, 0.1) is 0 Å². The second-order valence-corrected chi connectivity index (χ2v) is 7.67. The van der Waals surface area contributed by atoms with Crippen LogP contribution in [0.25, 0.3) is 0 Å². The highest BCUT2D eigenvalue weighted by atomic mass is 32.2. The second kappa shape index (κ2) is 6.95. The molecule has 124 valence electrons. The van der Waals surface area contributed by atoms with Gasteiger partial charge in [-0.2, -0.15) is 12.7 Å². The van der Waals surface area contributed by atoms with Crippen LogP contribution < -0.4 is 9.46 Å². The highest BCUT2D eigenvalue weighted by Crippen LogP contribution is 2.39. The molecule has 0 radical (unpaired) electrons. The molecule has 1 fully saturated rings. The van der Waals surface area contributed by atoms with Crippen molar-refractivity contribution in [3.63, 3.8) is 0 Å². The minimum absolute atomic E-state index is 0.312. The third-order valence-electron chi connectivity index (χ3n) is 4.20. The fourth-order valence-corrected chi connectivity index (χ4v) is 3.46. The molecule has 1 aromatic carbocycles. The molecular formula is C15H24N2O4S. The van der Waals surface area contributed by atoms with E-state index in [1.807, 2.05) is 24.3 Å². The number of hydrogen-bond acceptors (Lipinski definition) is 4. The van der Waals surface area contributed by atoms with Crippen LogP contribution in [0.2, 0.25) is 0 Å². The van der Waals surface area contributed by atoms with Crippen molar-refractivity contribution in [2.45, 2.75) is 18.3 Å². The topological polar surface area (TPSA) is 67.9 Å². The summed E-state index contributed by atoms with van der Waals surface area (Å²) >= 11 is 0. The van der Waals surface area contributed by atoms with Crippen LogP contribution in [0.15, 0.2) is 24.3 Å². The molecule has 0 aliphatic carbocycles. The molecule has 0 unspecified atom stereocenters. The van der Waals surface area contributed by atoms with E-state index in [1.54, 1.807) is 7.11 Å². The fourth-order valence-electron chi connectivity index (χ4n) is 2.74. The summed E-state index contributed by atoms with van der Waals surface area (Å²) in [6.45, 7) is 1.56. The first kappa shape index (κ1) is 17.2. The SMILES string of the molecule is COc1ccccc1C1(CNS(=O)(=O)N(C)C)CCOCC1. The van der Waals surface area contributed by atoms with E-state index in [9.17, 15) is 8.42 Å². The van der Waals surface area contributed by atoms with E-state index in [1.165, 1.54) is 18.4 Å². The largest absolute Gasteiger partial charge is 0.496 e. The van der Waals surface area contributed by atoms with E-state index in [0.717, 1.165) is 24.2 Å². The Morgan fingerprint density at radius 3 is 2.50 bits per heavy atom. The van der Waals surface area contributed by atoms with Crippen molar-refractivity contribution in [1.29, 1.82) is 0 Å². The van der Waals surface area contributed by atoms with Crippen LogP contribution in [0.1, 0.15) is 18.4 Å². The van der Waals surface area contributed by atoms with Gasteiger partial charge in [-0.15, -0.1) is 0 Å². The zero-order chi connectivity index (χ0) is 16.2. The van der Waals surface area contributed by atoms with Crippen molar-refractivity contribution in [3.05, 3.63) is 29.8 Å². The van der Waals surface area contributed by atoms with E-state index in [-0.39, 0.29) is 5.41 Å². The first-order valence-electron chi connectivity index (χ1n) is 7.30. The lowest BCUT2D eigenvalue weighted by atomic mass is 9.74. The third-order valence-corrected chi connectivity index (χ3v) is 5.67. The summed E-state index contributed by atoms with van der Waals surface area (Å²) in [7, 11) is 1.21. The predicted octanol–water partition coefficient (Wildman–Crippen LogP) is 1.14. The molecule has 0 spiro atoms. The molecule has 1 N–H and O–H groups in total. The van der Waals surface area contributed by atoms with Gasteiger partial charge in [0.05, 0.1) is 7.11 Å². The normalized spacial score (nSPS) is 18.4. The van der Waals surface area contributed by atoms with Crippen LogP contribution in [-0.4, -0.2) is 53.7 Å². The molecule has 0 saturated carbocycles. The van der Waals surface area contributed by atoms with Gasteiger partial charge in [0, 0.05) is 44.8 Å². The average molecular weight is 328 g/mol. The summed E-state index contributed by atoms with van der Waals surface area (Å²) in [5, 5.41) is 0. The Labute approximate surface area is 132 Å². The van der Waals surface area contributed by atoms with Gasteiger partial charge in [0.2, 0.25) is 0 Å². The summed E-state index contributed by atoms with van der Waals surface area (Å²) in [6.07, 6.45) is 1.51. The quantitative estimate of drug-likeness (QED) is 0.850. The minimum Gasteiger partial charge on any atom is -0.496 e. The highest BCUT2D eigenvalue weighted by Gasteiger charge is 2.37. The summed E-state index contributed by atoms with van der Waals surface area (Å²) < 4.78 is 38.9. The van der Waals surface area contributed by atoms with Crippen LogP contribution in [0.3, 0.4) is 0 Å². The number of nitrogens with one attached hydrogen (secondary N) is 1. The zero-order valence-corrected chi connectivity index (χ0v) is 14.1. The average Bonchev–Trinajstić information content (AvgIpc) is 2.54. The number of rotatable bonds is 6. The molecular weight excluding hydrogens is 304 g/mol. The minimum atomic E-state index is -3.46. The number of methoxy groups -OCH3 is 1. The lowest BCUT2D eigenvalue weighted by molar-refractivity contribution is 0.0508. The van der Waals surface area contributed by atoms with Crippen molar-refractivity contribution in [2.75, 3.05) is 41.0 Å². The number of benzene rings is 1. The van der Waals surface area contributed by atoms with Gasteiger partial charge in [-0.05, 0) is 18.9 Å². The molecule has 1 aliphatic heterocycles. The lowest BCUT2D eigenvalue weighted by Gasteiger charge is -2.38. The predicted molar refractivity (Wildman–Crippen MR) is 85.3 cm³/mol. The van der Waals surface area contributed by atoms with Gasteiger partial charge in [0.1, 0.15) is 5.75 Å². The Balaban J connectivity index is 2.32. The van der Waals surface area contributed by atoms with Gasteiger partial charge < -0.3 is 9.47 Å². The maximum atomic E-state index is 12.1. The number of nitrogens with zero attached hydrogens (tertiary/aromatic N) is 1. The number of para-hydroxylation sites is 1. The van der Waals surface area contributed by atoms with Crippen molar-refractivity contribution >= 4 is 10.2 Å². The molecule has 1 aliphatic rings. The molecule has 1 aromatic rings. The summed E-state index contributed by atoms with van der Waals surface area (Å²) in [6, 6.07) is 7.79. The Hall–Kier alpha value is -1.15. The van der Waals surface area contributed by atoms with Crippen molar-refractivity contribution in [1.82, 2.24) is 9.03 Å². The van der Waals surface area contributed by atoms with E-state index >= 15 is 0 Å². The first-order valence-corrected chi connectivity index (χ1v) is 8.74. The number of hydrogen-bond donors (Lipinski definition) is 1. The van der Waals surface area contributed by atoms with Gasteiger partial charge in [-0.25, -0.2) is 4.72 Å². The van der Waals surface area contributed by atoms with E-state index in [4.69, 9.17) is 9.47 Å². The molecule has 6 nitrogen and oxygen atoms in total. The molecule has 0 atom stereocenters. The van der Waals surface area contributed by atoms with E-state index in [2.05, 4.69) is 4.72 Å². The summed E-state index contributed by atoms with van der Waals surface area (Å²) in [5.74, 6) is 0.786. The fraction of sp³-hybridized carbons (Fsp3) is 0.600. The van der Waals surface area contributed by atoms with E-state index in [0.29, 0.717) is 19.8 Å². The lowest BCUT2D eigenvalue weighted by Crippen LogP contribution is -2.47. The van der Waals surface area contributed by atoms with Crippen molar-refractivity contribution in [3.8, 4) is 5.75 Å². The van der Waals surface area contributed by atoms with Crippen LogP contribution in [0.5, 0.6) is 5.75 Å². The molecule has 7 heteroatoms. The number of ether oxygens (including phenoxy) is 2. The Morgan fingerprint density at radius 2 is 1.91 bits per heavy atom. The Morgan fingerprint density at radius 1 is 1.27 bits per heavy atom. The zero-order valence-electron chi connectivity index (χ0n) is 13.3. The van der Waals surface area contributed by atoms with E-state index < -0.39 is 10.2 Å². The molecule has 1 heterocycles.